The van der Waals surface area contributed by atoms with Crippen molar-refractivity contribution in [1.29, 1.82) is 0 Å². The number of carbonyl (C=O) groups is 1. The summed E-state index contributed by atoms with van der Waals surface area (Å²) in [4.78, 5) is 15.0. The minimum Gasteiger partial charge on any atom is -0.348 e. The number of hydrogen-bond acceptors (Lipinski definition) is 4. The van der Waals surface area contributed by atoms with Gasteiger partial charge in [0.25, 0.3) is 5.91 Å². The predicted octanol–water partition coefficient (Wildman–Crippen LogP) is 3.22. The molecule has 28 heavy (non-hydrogen) atoms. The van der Waals surface area contributed by atoms with Crippen LogP contribution in [0.15, 0.2) is 23.1 Å². The first kappa shape index (κ1) is 23.1. The second-order valence-corrected chi connectivity index (χ2v) is 9.93. The molecule has 1 fully saturated rings. The third kappa shape index (κ3) is 5.69. The Morgan fingerprint density at radius 3 is 2.64 bits per heavy atom. The molecule has 6 nitrogen and oxygen atoms in total. The lowest BCUT2D eigenvalue weighted by atomic mass is 10.00. The van der Waals surface area contributed by atoms with Crippen molar-refractivity contribution >= 4 is 27.5 Å². The van der Waals surface area contributed by atoms with Gasteiger partial charge in [-0.1, -0.05) is 32.4 Å². The van der Waals surface area contributed by atoms with Gasteiger partial charge in [0.05, 0.1) is 5.02 Å². The molecule has 0 bridgehead atoms. The van der Waals surface area contributed by atoms with E-state index in [1.165, 1.54) is 29.3 Å². The molecule has 2 atom stereocenters. The summed E-state index contributed by atoms with van der Waals surface area (Å²) in [5, 5.41) is 3.11. The van der Waals surface area contributed by atoms with E-state index in [9.17, 15) is 13.2 Å². The van der Waals surface area contributed by atoms with E-state index >= 15 is 0 Å². The fraction of sp³-hybridized carbons (Fsp3) is 0.650. The smallest absolute Gasteiger partial charge is 0.251 e. The zero-order valence-corrected chi connectivity index (χ0v) is 18.8. The number of sulfonamides is 1. The van der Waals surface area contributed by atoms with Crippen molar-refractivity contribution in [3.05, 3.63) is 28.8 Å². The summed E-state index contributed by atoms with van der Waals surface area (Å²) >= 11 is 6.15. The summed E-state index contributed by atoms with van der Waals surface area (Å²) in [7, 11) is -3.73. The van der Waals surface area contributed by atoms with E-state index in [1.807, 2.05) is 6.92 Å². The Labute approximate surface area is 174 Å². The zero-order chi connectivity index (χ0) is 20.9. The van der Waals surface area contributed by atoms with Gasteiger partial charge in [0, 0.05) is 37.8 Å². The molecule has 1 aromatic carbocycles. The molecular formula is C20H32ClN3O3S. The molecule has 1 aliphatic heterocycles. The fourth-order valence-electron chi connectivity index (χ4n) is 3.74. The first-order valence-corrected chi connectivity index (χ1v) is 11.8. The van der Waals surface area contributed by atoms with Gasteiger partial charge in [0.2, 0.25) is 10.0 Å². The number of piperidine rings is 1. The maximum atomic E-state index is 12.8. The van der Waals surface area contributed by atoms with Crippen LogP contribution < -0.4 is 5.32 Å². The van der Waals surface area contributed by atoms with Crippen LogP contribution in [0.2, 0.25) is 5.02 Å². The highest BCUT2D eigenvalue weighted by atomic mass is 35.5. The van der Waals surface area contributed by atoms with E-state index in [2.05, 4.69) is 17.1 Å². The molecule has 0 spiro atoms. The summed E-state index contributed by atoms with van der Waals surface area (Å²) in [5.41, 5.74) is 0.300. The van der Waals surface area contributed by atoms with E-state index in [1.54, 1.807) is 19.9 Å². The molecule has 1 saturated heterocycles. The van der Waals surface area contributed by atoms with Crippen LogP contribution in [0.25, 0.3) is 0 Å². The van der Waals surface area contributed by atoms with Gasteiger partial charge >= 0.3 is 0 Å². The largest absolute Gasteiger partial charge is 0.348 e. The molecule has 8 heteroatoms. The highest BCUT2D eigenvalue weighted by Crippen LogP contribution is 2.26. The number of amides is 1. The van der Waals surface area contributed by atoms with Gasteiger partial charge in [0.1, 0.15) is 4.90 Å². The molecule has 1 heterocycles. The maximum Gasteiger partial charge on any atom is 0.251 e. The number of nitrogens with one attached hydrogen (secondary N) is 1. The molecule has 1 aromatic rings. The number of rotatable bonds is 8. The first-order chi connectivity index (χ1) is 13.2. The Morgan fingerprint density at radius 2 is 2.04 bits per heavy atom. The number of hydrogen-bond donors (Lipinski definition) is 1. The van der Waals surface area contributed by atoms with Crippen LogP contribution >= 0.6 is 11.6 Å². The lowest BCUT2D eigenvalue weighted by Gasteiger charge is -2.32. The Balaban J connectivity index is 2.11. The third-order valence-electron chi connectivity index (χ3n) is 5.17. The highest BCUT2D eigenvalue weighted by Gasteiger charge is 2.26. The lowest BCUT2D eigenvalue weighted by molar-refractivity contribution is 0.0920. The number of likely N-dealkylation sites (tertiary alicyclic amines) is 1. The number of carbonyl (C=O) groups excluding carboxylic acids is 1. The van der Waals surface area contributed by atoms with Crippen LogP contribution in [0.3, 0.4) is 0 Å². The Morgan fingerprint density at radius 1 is 1.36 bits per heavy atom. The highest BCUT2D eigenvalue weighted by molar-refractivity contribution is 7.89. The Hall–Kier alpha value is -1.15. The third-order valence-corrected chi connectivity index (χ3v) is 7.70. The number of nitrogens with zero attached hydrogens (tertiary/aromatic N) is 2. The van der Waals surface area contributed by atoms with Crippen LogP contribution in [0.1, 0.15) is 50.9 Å². The summed E-state index contributed by atoms with van der Waals surface area (Å²) < 4.78 is 26.9. The fourth-order valence-corrected chi connectivity index (χ4v) is 5.70. The summed E-state index contributed by atoms with van der Waals surface area (Å²) in [6.07, 6.45) is 2.44. The number of benzene rings is 1. The van der Waals surface area contributed by atoms with Gasteiger partial charge in [0.15, 0.2) is 0 Å². The van der Waals surface area contributed by atoms with Crippen molar-refractivity contribution in [2.24, 2.45) is 5.92 Å². The van der Waals surface area contributed by atoms with Crippen LogP contribution in [0.4, 0.5) is 0 Å². The Bertz CT molecular complexity index is 781. The van der Waals surface area contributed by atoms with E-state index < -0.39 is 10.0 Å². The molecule has 0 saturated carbocycles. The molecule has 0 aromatic heterocycles. The van der Waals surface area contributed by atoms with Gasteiger partial charge in [-0.25, -0.2) is 8.42 Å². The second-order valence-electron chi connectivity index (χ2n) is 7.62. The van der Waals surface area contributed by atoms with Gasteiger partial charge in [-0.3, -0.25) is 4.79 Å². The van der Waals surface area contributed by atoms with Crippen molar-refractivity contribution in [3.63, 3.8) is 0 Å². The van der Waals surface area contributed by atoms with Crippen molar-refractivity contribution in [2.75, 3.05) is 32.7 Å². The van der Waals surface area contributed by atoms with Crippen molar-refractivity contribution in [3.8, 4) is 0 Å². The summed E-state index contributed by atoms with van der Waals surface area (Å²) in [6.45, 7) is 11.3. The molecule has 1 aliphatic rings. The van der Waals surface area contributed by atoms with Crippen LogP contribution in [0.5, 0.6) is 0 Å². The van der Waals surface area contributed by atoms with Gasteiger partial charge in [-0.05, 0) is 50.4 Å². The van der Waals surface area contributed by atoms with E-state index in [4.69, 9.17) is 11.6 Å². The normalized spacial score (nSPS) is 19.6. The van der Waals surface area contributed by atoms with Gasteiger partial charge in [-0.15, -0.1) is 0 Å². The average molecular weight is 430 g/mol. The standard InChI is InChI=1S/C20H32ClN3O3S/c1-5-24(6-2)28(26,27)19-12-17(9-10-18(19)21)20(25)22-16(4)14-23-11-7-8-15(3)13-23/h9-10,12,15-16H,5-8,11,13-14H2,1-4H3,(H,22,25). The molecule has 1 amide bonds. The molecule has 1 N–H and O–H groups in total. The minimum atomic E-state index is -3.73. The maximum absolute atomic E-state index is 12.8. The monoisotopic (exact) mass is 429 g/mol. The van der Waals surface area contributed by atoms with Crippen molar-refractivity contribution < 1.29 is 13.2 Å². The van der Waals surface area contributed by atoms with Gasteiger partial charge in [-0.2, -0.15) is 4.31 Å². The lowest BCUT2D eigenvalue weighted by Crippen LogP contribution is -2.45. The molecule has 2 rings (SSSR count). The molecule has 0 aliphatic carbocycles. The summed E-state index contributed by atoms with van der Waals surface area (Å²) in [6, 6.07) is 4.38. The summed E-state index contributed by atoms with van der Waals surface area (Å²) in [5.74, 6) is 0.394. The topological polar surface area (TPSA) is 69.7 Å². The van der Waals surface area contributed by atoms with Crippen LogP contribution in [-0.4, -0.2) is 62.3 Å². The average Bonchev–Trinajstić information content (AvgIpc) is 2.62. The van der Waals surface area contributed by atoms with Gasteiger partial charge < -0.3 is 10.2 Å². The SMILES string of the molecule is CCN(CC)S(=O)(=O)c1cc(C(=O)NC(C)CN2CCCC(C)C2)ccc1Cl. The van der Waals surface area contributed by atoms with Crippen molar-refractivity contribution in [2.45, 2.75) is 51.5 Å². The first-order valence-electron chi connectivity index (χ1n) is 10.0. The van der Waals surface area contributed by atoms with E-state index in [-0.39, 0.29) is 21.9 Å². The molecule has 2 unspecified atom stereocenters. The van der Waals surface area contributed by atoms with Crippen LogP contribution in [0, 0.1) is 5.92 Å². The van der Waals surface area contributed by atoms with E-state index in [0.717, 1.165) is 19.6 Å². The molecule has 158 valence electrons. The van der Waals surface area contributed by atoms with Crippen LogP contribution in [-0.2, 0) is 10.0 Å². The Kier molecular flexibility index (Phi) is 8.30. The molecule has 0 radical (unpaired) electrons. The predicted molar refractivity (Wildman–Crippen MR) is 113 cm³/mol. The van der Waals surface area contributed by atoms with E-state index in [0.29, 0.717) is 24.6 Å². The second kappa shape index (κ2) is 10.1. The number of halogens is 1. The quantitative estimate of drug-likeness (QED) is 0.688. The minimum absolute atomic E-state index is 0.0250. The van der Waals surface area contributed by atoms with Crippen molar-refractivity contribution in [1.82, 2.24) is 14.5 Å². The molecular weight excluding hydrogens is 398 g/mol. The zero-order valence-electron chi connectivity index (χ0n) is 17.2.